The van der Waals surface area contributed by atoms with Gasteiger partial charge in [-0.1, -0.05) is 49.9 Å². The number of carbonyl (C=O) groups is 2. The van der Waals surface area contributed by atoms with Crippen molar-refractivity contribution in [3.8, 4) is 11.5 Å². The fraction of sp³-hybridized carbons (Fsp3) is 0.407. The highest BCUT2D eigenvalue weighted by atomic mass is 16.6. The predicted molar refractivity (Wildman–Crippen MR) is 129 cm³/mol. The molecule has 0 aliphatic heterocycles. The second-order valence-electron chi connectivity index (χ2n) is 8.87. The maximum absolute atomic E-state index is 12.5. The Bertz CT molecular complexity index is 909. The second-order valence-corrected chi connectivity index (χ2v) is 8.87. The van der Waals surface area contributed by atoms with Crippen LogP contribution in [0.3, 0.4) is 0 Å². The minimum Gasteiger partial charge on any atom is -0.493 e. The predicted octanol–water partition coefficient (Wildman–Crippen LogP) is 4.20. The number of hydrogen-bond donors (Lipinski definition) is 1. The number of ether oxygens (including phenoxy) is 4. The van der Waals surface area contributed by atoms with Gasteiger partial charge in [0.1, 0.15) is 30.8 Å². The van der Waals surface area contributed by atoms with Crippen LogP contribution in [0.15, 0.2) is 72.8 Å². The molecule has 0 spiro atoms. The molecule has 7 nitrogen and oxygen atoms in total. The van der Waals surface area contributed by atoms with Crippen LogP contribution in [-0.4, -0.2) is 49.6 Å². The molecule has 0 aliphatic rings. The van der Waals surface area contributed by atoms with Crippen molar-refractivity contribution in [1.29, 1.82) is 0 Å². The third-order valence-corrected chi connectivity index (χ3v) is 4.87. The van der Waals surface area contributed by atoms with Crippen molar-refractivity contribution in [2.24, 2.45) is 11.3 Å². The SMILES string of the molecule is C=C(CC(C)(C)C(=O)OCC(O)COc1ccccc1)C(=O)OCC(C)COc1ccccc1. The number of rotatable bonds is 14. The summed E-state index contributed by atoms with van der Waals surface area (Å²) in [6.07, 6.45) is -0.913. The molecule has 2 unspecified atom stereocenters. The molecular formula is C27H34O7. The number of hydrogen-bond acceptors (Lipinski definition) is 7. The smallest absolute Gasteiger partial charge is 0.333 e. The lowest BCUT2D eigenvalue weighted by Crippen LogP contribution is -2.32. The Hall–Kier alpha value is -3.32. The molecule has 0 bridgehead atoms. The summed E-state index contributed by atoms with van der Waals surface area (Å²) in [6.45, 7) is 9.32. The van der Waals surface area contributed by atoms with Gasteiger partial charge in [0.05, 0.1) is 18.6 Å². The number of benzene rings is 2. The quantitative estimate of drug-likeness (QED) is 0.327. The third kappa shape index (κ3) is 9.67. The number of aliphatic hydroxyl groups is 1. The summed E-state index contributed by atoms with van der Waals surface area (Å²) in [5.74, 6) is 0.231. The van der Waals surface area contributed by atoms with Crippen LogP contribution in [0.4, 0.5) is 0 Å². The van der Waals surface area contributed by atoms with Crippen LogP contribution in [0.5, 0.6) is 11.5 Å². The summed E-state index contributed by atoms with van der Waals surface area (Å²) in [4.78, 5) is 24.8. The molecule has 2 atom stereocenters. The summed E-state index contributed by atoms with van der Waals surface area (Å²) in [7, 11) is 0. The van der Waals surface area contributed by atoms with E-state index in [1.807, 2.05) is 55.5 Å². The van der Waals surface area contributed by atoms with Crippen molar-refractivity contribution in [2.75, 3.05) is 26.4 Å². The van der Waals surface area contributed by atoms with Crippen molar-refractivity contribution >= 4 is 11.9 Å². The van der Waals surface area contributed by atoms with Crippen LogP contribution < -0.4 is 9.47 Å². The Morgan fingerprint density at radius 3 is 1.94 bits per heavy atom. The van der Waals surface area contributed by atoms with Crippen LogP contribution in [-0.2, 0) is 19.1 Å². The summed E-state index contributed by atoms with van der Waals surface area (Å²) >= 11 is 0. The molecule has 0 aromatic heterocycles. The maximum Gasteiger partial charge on any atom is 0.333 e. The molecular weight excluding hydrogens is 436 g/mol. The first kappa shape index (κ1) is 26.9. The van der Waals surface area contributed by atoms with Gasteiger partial charge >= 0.3 is 11.9 Å². The Kier molecular flexibility index (Phi) is 10.6. The van der Waals surface area contributed by atoms with Gasteiger partial charge in [-0.15, -0.1) is 0 Å². The summed E-state index contributed by atoms with van der Waals surface area (Å²) < 4.78 is 21.7. The van der Waals surface area contributed by atoms with E-state index >= 15 is 0 Å². The van der Waals surface area contributed by atoms with Crippen LogP contribution in [0, 0.1) is 11.3 Å². The monoisotopic (exact) mass is 470 g/mol. The molecule has 2 rings (SSSR count). The van der Waals surface area contributed by atoms with E-state index in [9.17, 15) is 14.7 Å². The van der Waals surface area contributed by atoms with Crippen molar-refractivity contribution in [1.82, 2.24) is 0 Å². The molecule has 0 fully saturated rings. The summed E-state index contributed by atoms with van der Waals surface area (Å²) in [5, 5.41) is 10.0. The lowest BCUT2D eigenvalue weighted by molar-refractivity contribution is -0.157. The molecule has 2 aromatic carbocycles. The fourth-order valence-corrected chi connectivity index (χ4v) is 2.93. The molecule has 2 aromatic rings. The number of carbonyl (C=O) groups excluding carboxylic acids is 2. The molecule has 34 heavy (non-hydrogen) atoms. The third-order valence-electron chi connectivity index (χ3n) is 4.87. The zero-order valence-corrected chi connectivity index (χ0v) is 20.1. The van der Waals surface area contributed by atoms with Gasteiger partial charge in [0.2, 0.25) is 0 Å². The van der Waals surface area contributed by atoms with E-state index in [-0.39, 0.29) is 37.7 Å². The first-order chi connectivity index (χ1) is 16.2. The molecule has 1 N–H and O–H groups in total. The lowest BCUT2D eigenvalue weighted by Gasteiger charge is -2.24. The highest BCUT2D eigenvalue weighted by molar-refractivity contribution is 5.89. The van der Waals surface area contributed by atoms with E-state index < -0.39 is 23.5 Å². The summed E-state index contributed by atoms with van der Waals surface area (Å²) in [6, 6.07) is 18.4. The lowest BCUT2D eigenvalue weighted by atomic mass is 9.86. The molecule has 0 saturated carbocycles. The zero-order chi connectivity index (χ0) is 25.0. The van der Waals surface area contributed by atoms with Gasteiger partial charge in [-0.25, -0.2) is 4.79 Å². The molecule has 0 radical (unpaired) electrons. The van der Waals surface area contributed by atoms with E-state index in [2.05, 4.69) is 6.58 Å². The highest BCUT2D eigenvalue weighted by Gasteiger charge is 2.32. The van der Waals surface area contributed by atoms with Crippen molar-refractivity contribution < 1.29 is 33.6 Å². The molecule has 0 heterocycles. The van der Waals surface area contributed by atoms with Crippen LogP contribution in [0.1, 0.15) is 27.2 Å². The van der Waals surface area contributed by atoms with Crippen LogP contribution >= 0.6 is 0 Å². The van der Waals surface area contributed by atoms with Crippen LogP contribution in [0.25, 0.3) is 0 Å². The first-order valence-corrected chi connectivity index (χ1v) is 11.2. The van der Waals surface area contributed by atoms with E-state index in [0.29, 0.717) is 12.4 Å². The average molecular weight is 471 g/mol. The van der Waals surface area contributed by atoms with E-state index in [1.54, 1.807) is 26.0 Å². The maximum atomic E-state index is 12.5. The topological polar surface area (TPSA) is 91.3 Å². The van der Waals surface area contributed by atoms with Gasteiger partial charge < -0.3 is 24.1 Å². The largest absolute Gasteiger partial charge is 0.493 e. The first-order valence-electron chi connectivity index (χ1n) is 11.2. The van der Waals surface area contributed by atoms with Gasteiger partial charge in [-0.2, -0.15) is 0 Å². The minimum atomic E-state index is -1.02. The highest BCUT2D eigenvalue weighted by Crippen LogP contribution is 2.27. The minimum absolute atomic E-state index is 0.0110. The molecule has 0 saturated heterocycles. The Labute approximate surface area is 201 Å². The van der Waals surface area contributed by atoms with Crippen molar-refractivity contribution in [3.05, 3.63) is 72.8 Å². The normalized spacial score (nSPS) is 12.8. The Morgan fingerprint density at radius 1 is 0.853 bits per heavy atom. The van der Waals surface area contributed by atoms with E-state index in [0.717, 1.165) is 5.75 Å². The average Bonchev–Trinajstić information content (AvgIpc) is 2.84. The fourth-order valence-electron chi connectivity index (χ4n) is 2.93. The van der Waals surface area contributed by atoms with Gasteiger partial charge in [0, 0.05) is 11.5 Å². The van der Waals surface area contributed by atoms with Crippen molar-refractivity contribution in [3.63, 3.8) is 0 Å². The molecule has 0 amide bonds. The van der Waals surface area contributed by atoms with Gasteiger partial charge in [-0.05, 0) is 44.5 Å². The zero-order valence-electron chi connectivity index (χ0n) is 20.1. The Balaban J connectivity index is 1.68. The number of esters is 2. The van der Waals surface area contributed by atoms with Crippen molar-refractivity contribution in [2.45, 2.75) is 33.3 Å². The Morgan fingerprint density at radius 2 is 1.38 bits per heavy atom. The van der Waals surface area contributed by atoms with E-state index in [1.165, 1.54) is 0 Å². The van der Waals surface area contributed by atoms with Gasteiger partial charge in [0.15, 0.2) is 0 Å². The van der Waals surface area contributed by atoms with E-state index in [4.69, 9.17) is 18.9 Å². The van der Waals surface area contributed by atoms with Gasteiger partial charge in [-0.3, -0.25) is 4.79 Å². The number of para-hydroxylation sites is 2. The van der Waals surface area contributed by atoms with Gasteiger partial charge in [0.25, 0.3) is 0 Å². The standard InChI is InChI=1S/C27H34O7/c1-20(16-31-23-11-7-5-8-12-23)17-33-25(29)21(2)15-27(3,4)26(30)34-19-22(28)18-32-24-13-9-6-10-14-24/h5-14,20,22,28H,2,15-19H2,1,3-4H3. The second kappa shape index (κ2) is 13.4. The number of aliphatic hydroxyl groups excluding tert-OH is 1. The van der Waals surface area contributed by atoms with Crippen LogP contribution in [0.2, 0.25) is 0 Å². The molecule has 0 aliphatic carbocycles. The molecule has 184 valence electrons. The summed E-state index contributed by atoms with van der Waals surface area (Å²) in [5.41, 5.74) is -0.843. The molecule has 7 heteroatoms.